The van der Waals surface area contributed by atoms with Gasteiger partial charge in [0.15, 0.2) is 5.41 Å². The van der Waals surface area contributed by atoms with Crippen molar-refractivity contribution in [2.45, 2.75) is 19.0 Å². The van der Waals surface area contributed by atoms with Crippen molar-refractivity contribution in [1.82, 2.24) is 15.1 Å². The normalized spacial score (nSPS) is 23.9. The largest absolute Gasteiger partial charge is 0.404 e. The summed E-state index contributed by atoms with van der Waals surface area (Å²) in [5.74, 6) is -0.816. The Kier molecular flexibility index (Phi) is 5.20. The van der Waals surface area contributed by atoms with Crippen LogP contribution in [0.3, 0.4) is 0 Å². The summed E-state index contributed by atoms with van der Waals surface area (Å²) in [4.78, 5) is 15.3. The molecule has 0 saturated carbocycles. The molecule has 0 aromatic rings. The molecule has 1 fully saturated rings. The number of amides is 1. The molecule has 7 heteroatoms. The summed E-state index contributed by atoms with van der Waals surface area (Å²) in [5, 5.41) is 2.65. The molecule has 1 saturated heterocycles. The van der Waals surface area contributed by atoms with Crippen molar-refractivity contribution >= 4 is 5.91 Å². The van der Waals surface area contributed by atoms with Crippen LogP contribution in [-0.2, 0) is 4.79 Å². The molecule has 0 aromatic heterocycles. The molecule has 0 spiro atoms. The highest BCUT2D eigenvalue weighted by Gasteiger charge is 2.62. The lowest BCUT2D eigenvalue weighted by molar-refractivity contribution is -0.221. The van der Waals surface area contributed by atoms with Crippen molar-refractivity contribution in [2.24, 2.45) is 5.41 Å². The Morgan fingerprint density at radius 3 is 2.32 bits per heavy atom. The zero-order chi connectivity index (χ0) is 14.7. The van der Waals surface area contributed by atoms with Crippen LogP contribution in [0.4, 0.5) is 13.2 Å². The van der Waals surface area contributed by atoms with Crippen LogP contribution in [0.1, 0.15) is 12.8 Å². The first-order chi connectivity index (χ1) is 8.71. The van der Waals surface area contributed by atoms with Gasteiger partial charge >= 0.3 is 6.18 Å². The predicted octanol–water partition coefficient (Wildman–Crippen LogP) is 0.938. The van der Waals surface area contributed by atoms with Crippen molar-refractivity contribution in [3.63, 3.8) is 0 Å². The van der Waals surface area contributed by atoms with E-state index in [1.54, 1.807) is 0 Å². The molecule has 1 N–H and O–H groups in total. The van der Waals surface area contributed by atoms with E-state index in [1.807, 2.05) is 19.0 Å². The lowest BCUT2D eigenvalue weighted by atomic mass is 9.84. The second-order valence-electron chi connectivity index (χ2n) is 5.39. The highest BCUT2D eigenvalue weighted by molar-refractivity contribution is 5.84. The molecule has 0 aromatic carbocycles. The number of alkyl halides is 3. The van der Waals surface area contributed by atoms with E-state index in [0.717, 1.165) is 6.54 Å². The molecule has 4 nitrogen and oxygen atoms in total. The Labute approximate surface area is 111 Å². The van der Waals surface area contributed by atoms with Crippen LogP contribution < -0.4 is 5.32 Å². The molecule has 112 valence electrons. The van der Waals surface area contributed by atoms with Crippen LogP contribution in [0.5, 0.6) is 0 Å². The average molecular weight is 281 g/mol. The number of halogens is 3. The number of nitrogens with zero attached hydrogens (tertiary/aromatic N) is 2. The van der Waals surface area contributed by atoms with Crippen molar-refractivity contribution in [3.05, 3.63) is 0 Å². The Morgan fingerprint density at radius 1 is 1.26 bits per heavy atom. The lowest BCUT2D eigenvalue weighted by Gasteiger charge is -2.33. The van der Waals surface area contributed by atoms with Crippen molar-refractivity contribution in [3.8, 4) is 0 Å². The molecule has 1 atom stereocenters. The van der Waals surface area contributed by atoms with Gasteiger partial charge in [-0.25, -0.2) is 0 Å². The van der Waals surface area contributed by atoms with Crippen molar-refractivity contribution in [2.75, 3.05) is 47.3 Å². The van der Waals surface area contributed by atoms with E-state index in [-0.39, 0.29) is 19.5 Å². The zero-order valence-corrected chi connectivity index (χ0v) is 11.7. The predicted molar refractivity (Wildman–Crippen MR) is 66.8 cm³/mol. The van der Waals surface area contributed by atoms with Gasteiger partial charge in [0.2, 0.25) is 5.91 Å². The Hall–Kier alpha value is -0.820. The summed E-state index contributed by atoms with van der Waals surface area (Å²) in [6.07, 6.45) is -4.01. The van der Waals surface area contributed by atoms with E-state index in [2.05, 4.69) is 5.32 Å². The molecule has 1 unspecified atom stereocenters. The van der Waals surface area contributed by atoms with Gasteiger partial charge in [0.25, 0.3) is 0 Å². The van der Waals surface area contributed by atoms with Crippen LogP contribution in [-0.4, -0.2) is 69.2 Å². The number of carbonyl (C=O) groups is 1. The van der Waals surface area contributed by atoms with Gasteiger partial charge in [-0.1, -0.05) is 0 Å². The minimum atomic E-state index is -4.50. The van der Waals surface area contributed by atoms with E-state index in [4.69, 9.17) is 0 Å². The quantitative estimate of drug-likeness (QED) is 0.814. The topological polar surface area (TPSA) is 35.6 Å². The maximum atomic E-state index is 13.2. The van der Waals surface area contributed by atoms with Crippen molar-refractivity contribution in [1.29, 1.82) is 0 Å². The van der Waals surface area contributed by atoms with Gasteiger partial charge in [-0.2, -0.15) is 13.2 Å². The third-order valence-corrected chi connectivity index (χ3v) is 3.55. The fourth-order valence-electron chi connectivity index (χ4n) is 2.33. The standard InChI is InChI=1S/C12H22F3N3O/c1-17(2)7-4-8-18(3)10(19)11(12(13,14)15)5-6-16-9-11/h16H,4-9H2,1-3H3. The van der Waals surface area contributed by atoms with Crippen molar-refractivity contribution < 1.29 is 18.0 Å². The maximum absolute atomic E-state index is 13.2. The smallest absolute Gasteiger partial charge is 0.345 e. The fraction of sp³-hybridized carbons (Fsp3) is 0.917. The summed E-state index contributed by atoms with van der Waals surface area (Å²) in [6, 6.07) is 0. The number of carbonyl (C=O) groups excluding carboxylic acids is 1. The second kappa shape index (κ2) is 6.09. The van der Waals surface area contributed by atoms with E-state index in [1.165, 1.54) is 11.9 Å². The third kappa shape index (κ3) is 3.60. The maximum Gasteiger partial charge on any atom is 0.404 e. The minimum Gasteiger partial charge on any atom is -0.345 e. The van der Waals surface area contributed by atoms with Gasteiger partial charge in [0, 0.05) is 20.1 Å². The molecule has 19 heavy (non-hydrogen) atoms. The Bertz CT molecular complexity index is 312. The summed E-state index contributed by atoms with van der Waals surface area (Å²) in [5.41, 5.74) is -2.24. The number of rotatable bonds is 5. The number of hydrogen-bond donors (Lipinski definition) is 1. The highest BCUT2D eigenvalue weighted by Crippen LogP contribution is 2.44. The Morgan fingerprint density at radius 2 is 1.89 bits per heavy atom. The molecule has 0 radical (unpaired) electrons. The minimum absolute atomic E-state index is 0.173. The molecule has 0 bridgehead atoms. The van der Waals surface area contributed by atoms with E-state index in [0.29, 0.717) is 13.0 Å². The van der Waals surface area contributed by atoms with Gasteiger partial charge in [0.05, 0.1) is 0 Å². The lowest BCUT2D eigenvalue weighted by Crippen LogP contribution is -2.52. The van der Waals surface area contributed by atoms with Gasteiger partial charge in [-0.3, -0.25) is 4.79 Å². The first-order valence-electron chi connectivity index (χ1n) is 6.38. The number of nitrogens with one attached hydrogen (secondary N) is 1. The Balaban J connectivity index is 2.67. The average Bonchev–Trinajstić information content (AvgIpc) is 2.76. The monoisotopic (exact) mass is 281 g/mol. The van der Waals surface area contributed by atoms with Crippen LogP contribution >= 0.6 is 0 Å². The molecule has 1 aliphatic heterocycles. The highest BCUT2D eigenvalue weighted by atomic mass is 19.4. The van der Waals surface area contributed by atoms with Gasteiger partial charge in [-0.05, 0) is 40.0 Å². The van der Waals surface area contributed by atoms with E-state index >= 15 is 0 Å². The molecular weight excluding hydrogens is 259 g/mol. The summed E-state index contributed by atoms with van der Waals surface area (Å²) < 4.78 is 39.5. The molecular formula is C12H22F3N3O. The summed E-state index contributed by atoms with van der Waals surface area (Å²) in [7, 11) is 5.23. The van der Waals surface area contributed by atoms with Gasteiger partial charge in [-0.15, -0.1) is 0 Å². The first kappa shape index (κ1) is 16.2. The summed E-state index contributed by atoms with van der Waals surface area (Å²) in [6.45, 7) is 1.01. The summed E-state index contributed by atoms with van der Waals surface area (Å²) >= 11 is 0. The van der Waals surface area contributed by atoms with Crippen LogP contribution in [0.2, 0.25) is 0 Å². The molecule has 1 heterocycles. The third-order valence-electron chi connectivity index (χ3n) is 3.55. The first-order valence-corrected chi connectivity index (χ1v) is 6.38. The van der Waals surface area contributed by atoms with Crippen LogP contribution in [0.25, 0.3) is 0 Å². The van der Waals surface area contributed by atoms with E-state index < -0.39 is 17.5 Å². The van der Waals surface area contributed by atoms with Gasteiger partial charge in [0.1, 0.15) is 0 Å². The van der Waals surface area contributed by atoms with E-state index in [9.17, 15) is 18.0 Å². The van der Waals surface area contributed by atoms with Crippen LogP contribution in [0, 0.1) is 5.41 Å². The molecule has 1 aliphatic rings. The second-order valence-corrected chi connectivity index (χ2v) is 5.39. The molecule has 0 aliphatic carbocycles. The number of hydrogen-bond acceptors (Lipinski definition) is 3. The SMILES string of the molecule is CN(C)CCCN(C)C(=O)C1(C(F)(F)F)CCNC1. The molecule has 1 rings (SSSR count). The zero-order valence-electron chi connectivity index (χ0n) is 11.7. The van der Waals surface area contributed by atoms with Crippen LogP contribution in [0.15, 0.2) is 0 Å². The molecule has 1 amide bonds. The fourth-order valence-corrected chi connectivity index (χ4v) is 2.33. The van der Waals surface area contributed by atoms with Gasteiger partial charge < -0.3 is 15.1 Å².